The number of nitrogens with one attached hydrogen (secondary N) is 1. The van der Waals surface area contributed by atoms with Gasteiger partial charge in [0.25, 0.3) is 0 Å². The van der Waals surface area contributed by atoms with Crippen molar-refractivity contribution in [3.05, 3.63) is 0 Å². The largest absolute Gasteiger partial charge is 0.385 e. The number of methoxy groups -OCH3 is 1. The number of ether oxygens (including phenoxy) is 1. The van der Waals surface area contributed by atoms with Crippen molar-refractivity contribution < 1.29 is 4.74 Å². The van der Waals surface area contributed by atoms with Gasteiger partial charge in [-0.05, 0) is 33.1 Å². The van der Waals surface area contributed by atoms with E-state index in [1.807, 2.05) is 0 Å². The smallest absolute Gasteiger partial charge is 0.0474 e. The Hall–Kier alpha value is -0.120. The fourth-order valence-corrected chi connectivity index (χ4v) is 3.64. The molecule has 1 N–H and O–H groups in total. The van der Waals surface area contributed by atoms with Crippen molar-refractivity contribution in [3.63, 3.8) is 0 Å². The summed E-state index contributed by atoms with van der Waals surface area (Å²) >= 11 is 0. The Labute approximate surface area is 112 Å². The summed E-state index contributed by atoms with van der Waals surface area (Å²) in [5.41, 5.74) is 0.706. The maximum Gasteiger partial charge on any atom is 0.0474 e. The SMILES string of the molecule is COCCCN1CC(C)(C)NCC12CCCCC2. The first kappa shape index (κ1) is 14.3. The van der Waals surface area contributed by atoms with Crippen LogP contribution in [0.1, 0.15) is 52.4 Å². The molecule has 0 aromatic heterocycles. The maximum atomic E-state index is 5.22. The number of hydrogen-bond acceptors (Lipinski definition) is 3. The Morgan fingerprint density at radius 1 is 1.17 bits per heavy atom. The zero-order chi connectivity index (χ0) is 13.1. The Bertz CT molecular complexity index is 259. The van der Waals surface area contributed by atoms with Crippen LogP contribution in [0.25, 0.3) is 0 Å². The van der Waals surface area contributed by atoms with E-state index in [0.717, 1.165) is 13.0 Å². The molecule has 1 saturated carbocycles. The maximum absolute atomic E-state index is 5.22. The Balaban J connectivity index is 2.01. The molecule has 3 nitrogen and oxygen atoms in total. The van der Waals surface area contributed by atoms with Crippen LogP contribution in [0.4, 0.5) is 0 Å². The molecule has 0 bridgehead atoms. The predicted octanol–water partition coefficient (Wildman–Crippen LogP) is 2.41. The lowest BCUT2D eigenvalue weighted by Crippen LogP contribution is -2.68. The van der Waals surface area contributed by atoms with E-state index in [1.165, 1.54) is 51.7 Å². The fourth-order valence-electron chi connectivity index (χ4n) is 3.64. The van der Waals surface area contributed by atoms with Crippen LogP contribution >= 0.6 is 0 Å². The van der Waals surface area contributed by atoms with Gasteiger partial charge in [0.1, 0.15) is 0 Å². The molecule has 0 atom stereocenters. The van der Waals surface area contributed by atoms with Gasteiger partial charge in [0, 0.05) is 44.4 Å². The van der Waals surface area contributed by atoms with Gasteiger partial charge in [0.15, 0.2) is 0 Å². The minimum absolute atomic E-state index is 0.260. The zero-order valence-electron chi connectivity index (χ0n) is 12.4. The summed E-state index contributed by atoms with van der Waals surface area (Å²) in [6.45, 7) is 9.08. The minimum Gasteiger partial charge on any atom is -0.385 e. The van der Waals surface area contributed by atoms with Gasteiger partial charge in [0.2, 0.25) is 0 Å². The van der Waals surface area contributed by atoms with Gasteiger partial charge in [-0.2, -0.15) is 0 Å². The van der Waals surface area contributed by atoms with Gasteiger partial charge in [0.05, 0.1) is 0 Å². The first-order valence-corrected chi connectivity index (χ1v) is 7.57. The summed E-state index contributed by atoms with van der Waals surface area (Å²) in [6.07, 6.45) is 8.16. The Morgan fingerprint density at radius 2 is 1.89 bits per heavy atom. The van der Waals surface area contributed by atoms with Crippen molar-refractivity contribution in [1.82, 2.24) is 10.2 Å². The van der Waals surface area contributed by atoms with Crippen LogP contribution < -0.4 is 5.32 Å². The standard InChI is InChI=1S/C15H30N2O/c1-14(2)13-17(10-7-11-18-3)15(12-16-14)8-5-4-6-9-15/h16H,4-13H2,1-3H3. The van der Waals surface area contributed by atoms with Gasteiger partial charge in [-0.1, -0.05) is 19.3 Å². The van der Waals surface area contributed by atoms with Crippen LogP contribution in [0, 0.1) is 0 Å². The van der Waals surface area contributed by atoms with E-state index in [-0.39, 0.29) is 5.54 Å². The summed E-state index contributed by atoms with van der Waals surface area (Å²) in [5, 5.41) is 3.77. The molecule has 0 aromatic rings. The molecule has 106 valence electrons. The van der Waals surface area contributed by atoms with Crippen molar-refractivity contribution >= 4 is 0 Å². The summed E-state index contributed by atoms with van der Waals surface area (Å²) in [5.74, 6) is 0. The van der Waals surface area contributed by atoms with Gasteiger partial charge in [-0.15, -0.1) is 0 Å². The molecule has 1 saturated heterocycles. The van der Waals surface area contributed by atoms with Crippen molar-refractivity contribution in [2.24, 2.45) is 0 Å². The molecule has 0 unspecified atom stereocenters. The lowest BCUT2D eigenvalue weighted by Gasteiger charge is -2.54. The predicted molar refractivity (Wildman–Crippen MR) is 76.0 cm³/mol. The van der Waals surface area contributed by atoms with Crippen molar-refractivity contribution in [2.75, 3.05) is 33.4 Å². The molecule has 2 rings (SSSR count). The average Bonchev–Trinajstić information content (AvgIpc) is 2.36. The van der Waals surface area contributed by atoms with E-state index >= 15 is 0 Å². The van der Waals surface area contributed by atoms with Crippen molar-refractivity contribution in [3.8, 4) is 0 Å². The molecule has 0 amide bonds. The molecule has 1 spiro atoms. The quantitative estimate of drug-likeness (QED) is 0.780. The second kappa shape index (κ2) is 5.89. The van der Waals surface area contributed by atoms with Crippen LogP contribution in [0.5, 0.6) is 0 Å². The minimum atomic E-state index is 0.260. The molecule has 2 aliphatic rings. The Kier molecular flexibility index (Phi) is 4.68. The van der Waals surface area contributed by atoms with Gasteiger partial charge in [-0.25, -0.2) is 0 Å². The van der Waals surface area contributed by atoms with Gasteiger partial charge in [-0.3, -0.25) is 4.90 Å². The van der Waals surface area contributed by atoms with E-state index in [2.05, 4.69) is 24.1 Å². The molecular weight excluding hydrogens is 224 g/mol. The highest BCUT2D eigenvalue weighted by atomic mass is 16.5. The molecule has 0 radical (unpaired) electrons. The van der Waals surface area contributed by atoms with Crippen molar-refractivity contribution in [1.29, 1.82) is 0 Å². The van der Waals surface area contributed by atoms with Crippen LogP contribution in [0.2, 0.25) is 0 Å². The average molecular weight is 254 g/mol. The van der Waals surface area contributed by atoms with E-state index < -0.39 is 0 Å². The Morgan fingerprint density at radius 3 is 2.56 bits per heavy atom. The summed E-state index contributed by atoms with van der Waals surface area (Å²) < 4.78 is 5.22. The summed E-state index contributed by atoms with van der Waals surface area (Å²) in [6, 6.07) is 0. The van der Waals surface area contributed by atoms with E-state index in [9.17, 15) is 0 Å². The molecule has 1 heterocycles. The van der Waals surface area contributed by atoms with Gasteiger partial charge >= 0.3 is 0 Å². The van der Waals surface area contributed by atoms with E-state index in [1.54, 1.807) is 7.11 Å². The second-order valence-corrected chi connectivity index (χ2v) is 6.79. The third-order valence-corrected chi connectivity index (χ3v) is 4.71. The first-order valence-electron chi connectivity index (χ1n) is 7.57. The summed E-state index contributed by atoms with van der Waals surface area (Å²) in [4.78, 5) is 2.77. The number of hydrogen-bond donors (Lipinski definition) is 1. The molecule has 1 aliphatic carbocycles. The highest BCUT2D eigenvalue weighted by Crippen LogP contribution is 2.36. The highest BCUT2D eigenvalue weighted by Gasteiger charge is 2.43. The number of rotatable bonds is 4. The van der Waals surface area contributed by atoms with Crippen LogP contribution in [0.3, 0.4) is 0 Å². The first-order chi connectivity index (χ1) is 8.58. The van der Waals surface area contributed by atoms with E-state index in [0.29, 0.717) is 5.54 Å². The third kappa shape index (κ3) is 3.25. The topological polar surface area (TPSA) is 24.5 Å². The normalized spacial score (nSPS) is 27.5. The highest BCUT2D eigenvalue weighted by molar-refractivity contribution is 5.03. The zero-order valence-corrected chi connectivity index (χ0v) is 12.4. The number of nitrogens with zero attached hydrogens (tertiary/aromatic N) is 1. The van der Waals surface area contributed by atoms with Crippen LogP contribution in [-0.2, 0) is 4.74 Å². The monoisotopic (exact) mass is 254 g/mol. The molecule has 0 aromatic carbocycles. The molecule has 18 heavy (non-hydrogen) atoms. The second-order valence-electron chi connectivity index (χ2n) is 6.79. The molecule has 1 aliphatic heterocycles. The van der Waals surface area contributed by atoms with E-state index in [4.69, 9.17) is 4.74 Å². The lowest BCUT2D eigenvalue weighted by atomic mass is 9.77. The van der Waals surface area contributed by atoms with Gasteiger partial charge < -0.3 is 10.1 Å². The van der Waals surface area contributed by atoms with Crippen molar-refractivity contribution in [2.45, 2.75) is 63.5 Å². The fraction of sp³-hybridized carbons (Fsp3) is 1.00. The summed E-state index contributed by atoms with van der Waals surface area (Å²) in [7, 11) is 1.80. The lowest BCUT2D eigenvalue weighted by molar-refractivity contribution is -0.0140. The molecular formula is C15H30N2O. The van der Waals surface area contributed by atoms with Crippen LogP contribution in [0.15, 0.2) is 0 Å². The number of piperazine rings is 1. The van der Waals surface area contributed by atoms with Crippen LogP contribution in [-0.4, -0.2) is 49.3 Å². The third-order valence-electron chi connectivity index (χ3n) is 4.71. The molecule has 3 heteroatoms. The molecule has 2 fully saturated rings.